The number of nitrogens with zero attached hydrogens (tertiary/aromatic N) is 3. The van der Waals surface area contributed by atoms with Crippen LogP contribution in [0.5, 0.6) is 0 Å². The number of hydrogen-bond donors (Lipinski definition) is 0. The molecular formula is C21H33N3. The molecular weight excluding hydrogens is 294 g/mol. The van der Waals surface area contributed by atoms with Gasteiger partial charge in [-0.25, -0.2) is 0 Å². The van der Waals surface area contributed by atoms with E-state index in [9.17, 15) is 0 Å². The summed E-state index contributed by atoms with van der Waals surface area (Å²) in [5, 5.41) is 9.59. The average Bonchev–Trinajstić information content (AvgIpc) is 2.88. The van der Waals surface area contributed by atoms with Gasteiger partial charge < -0.3 is 4.57 Å². The van der Waals surface area contributed by atoms with Gasteiger partial charge >= 0.3 is 0 Å². The Hall–Kier alpha value is -0.860. The lowest BCUT2D eigenvalue weighted by atomic mass is 9.40. The van der Waals surface area contributed by atoms with E-state index in [0.717, 1.165) is 18.9 Å². The molecule has 4 fully saturated rings. The van der Waals surface area contributed by atoms with Gasteiger partial charge in [-0.2, -0.15) is 0 Å². The van der Waals surface area contributed by atoms with E-state index < -0.39 is 0 Å². The van der Waals surface area contributed by atoms with E-state index in [1.807, 2.05) is 0 Å². The van der Waals surface area contributed by atoms with Crippen LogP contribution < -0.4 is 0 Å². The van der Waals surface area contributed by atoms with E-state index in [1.165, 1.54) is 82.3 Å². The Labute approximate surface area is 146 Å². The molecule has 2 unspecified atom stereocenters. The molecule has 4 bridgehead atoms. The smallest absolute Gasteiger partial charge is 0.139 e. The van der Waals surface area contributed by atoms with Gasteiger partial charge in [-0.15, -0.1) is 10.2 Å². The average molecular weight is 328 g/mol. The first-order valence-electron chi connectivity index (χ1n) is 10.4. The standard InChI is InChI=1S/C21H33N3/c1-19-10-16-11-20(2,13-19)15-21(12-16,14-19)18-23-22-17-8-6-4-3-5-7-9-24(17)18/h16H,3-15H2,1-2H3. The number of rotatable bonds is 1. The fourth-order valence-corrected chi connectivity index (χ4v) is 7.93. The van der Waals surface area contributed by atoms with Gasteiger partial charge in [-0.1, -0.05) is 33.1 Å². The third-order valence-corrected chi connectivity index (χ3v) is 7.71. The molecule has 1 aromatic rings. The molecule has 2 atom stereocenters. The molecule has 24 heavy (non-hydrogen) atoms. The van der Waals surface area contributed by atoms with Crippen molar-refractivity contribution in [1.29, 1.82) is 0 Å². The van der Waals surface area contributed by atoms with Crippen LogP contribution in [-0.2, 0) is 18.4 Å². The number of aryl methyl sites for hydroxylation is 1. The SMILES string of the molecule is CC12CC3CC(C)(C1)CC(c1nnc4n1CCCCCCC4)(C3)C2. The van der Waals surface area contributed by atoms with E-state index in [2.05, 4.69) is 18.4 Å². The molecule has 5 aliphatic rings. The molecule has 2 heterocycles. The summed E-state index contributed by atoms with van der Waals surface area (Å²) in [4.78, 5) is 0. The zero-order chi connectivity index (χ0) is 16.4. The Bertz CT molecular complexity index is 628. The Balaban J connectivity index is 1.57. The second-order valence-electron chi connectivity index (χ2n) is 10.5. The van der Waals surface area contributed by atoms with Gasteiger partial charge in [0.25, 0.3) is 0 Å². The van der Waals surface area contributed by atoms with Crippen molar-refractivity contribution in [2.24, 2.45) is 16.7 Å². The first-order valence-corrected chi connectivity index (χ1v) is 10.4. The molecule has 1 aromatic heterocycles. The van der Waals surface area contributed by atoms with E-state index in [4.69, 9.17) is 10.2 Å². The van der Waals surface area contributed by atoms with Crippen LogP contribution in [-0.4, -0.2) is 14.8 Å². The number of fused-ring (bicyclic) bond motifs is 1. The molecule has 0 aromatic carbocycles. The van der Waals surface area contributed by atoms with Gasteiger partial charge in [0.2, 0.25) is 0 Å². The summed E-state index contributed by atoms with van der Waals surface area (Å²) in [5.74, 6) is 3.61. The van der Waals surface area contributed by atoms with Gasteiger partial charge in [-0.05, 0) is 68.1 Å². The summed E-state index contributed by atoms with van der Waals surface area (Å²) in [6.07, 6.45) is 16.4. The quantitative estimate of drug-likeness (QED) is 0.724. The van der Waals surface area contributed by atoms with Crippen LogP contribution in [0, 0.1) is 16.7 Å². The minimum atomic E-state index is 0.336. The zero-order valence-corrected chi connectivity index (χ0v) is 15.6. The Morgan fingerprint density at radius 2 is 1.54 bits per heavy atom. The second-order valence-corrected chi connectivity index (χ2v) is 10.5. The van der Waals surface area contributed by atoms with Crippen LogP contribution in [0.1, 0.15) is 96.1 Å². The van der Waals surface area contributed by atoms with Crippen molar-refractivity contribution < 1.29 is 0 Å². The van der Waals surface area contributed by atoms with E-state index in [-0.39, 0.29) is 0 Å². The molecule has 0 saturated heterocycles. The van der Waals surface area contributed by atoms with Crippen LogP contribution in [0.15, 0.2) is 0 Å². The van der Waals surface area contributed by atoms with Crippen molar-refractivity contribution in [2.45, 2.75) is 103 Å². The molecule has 0 radical (unpaired) electrons. The summed E-state index contributed by atoms with van der Waals surface area (Å²) >= 11 is 0. The lowest BCUT2D eigenvalue weighted by molar-refractivity contribution is -0.113. The molecule has 3 heteroatoms. The predicted molar refractivity (Wildman–Crippen MR) is 95.9 cm³/mol. The first kappa shape index (κ1) is 15.4. The molecule has 1 aliphatic heterocycles. The van der Waals surface area contributed by atoms with Gasteiger partial charge in [0.1, 0.15) is 11.6 Å². The van der Waals surface area contributed by atoms with Crippen molar-refractivity contribution in [3.63, 3.8) is 0 Å². The van der Waals surface area contributed by atoms with Gasteiger partial charge in [0, 0.05) is 18.4 Å². The summed E-state index contributed by atoms with van der Waals surface area (Å²) < 4.78 is 2.59. The fraction of sp³-hybridized carbons (Fsp3) is 0.905. The molecule has 6 rings (SSSR count). The van der Waals surface area contributed by atoms with Crippen molar-refractivity contribution in [2.75, 3.05) is 0 Å². The van der Waals surface area contributed by atoms with Crippen LogP contribution in [0.2, 0.25) is 0 Å². The van der Waals surface area contributed by atoms with Gasteiger partial charge in [0.15, 0.2) is 0 Å². The van der Waals surface area contributed by atoms with Gasteiger partial charge in [0.05, 0.1) is 0 Å². The van der Waals surface area contributed by atoms with Crippen LogP contribution in [0.3, 0.4) is 0 Å². The summed E-state index contributed by atoms with van der Waals surface area (Å²) in [5.41, 5.74) is 1.44. The van der Waals surface area contributed by atoms with E-state index >= 15 is 0 Å². The highest BCUT2D eigenvalue weighted by molar-refractivity contribution is 5.23. The minimum Gasteiger partial charge on any atom is -0.315 e. The summed E-state index contributed by atoms with van der Waals surface area (Å²) in [6, 6.07) is 0. The van der Waals surface area contributed by atoms with Crippen molar-refractivity contribution in [3.05, 3.63) is 11.6 Å². The maximum absolute atomic E-state index is 4.88. The van der Waals surface area contributed by atoms with E-state index in [1.54, 1.807) is 0 Å². The second kappa shape index (κ2) is 5.08. The third-order valence-electron chi connectivity index (χ3n) is 7.71. The minimum absolute atomic E-state index is 0.336. The van der Waals surface area contributed by atoms with Crippen molar-refractivity contribution in [3.8, 4) is 0 Å². The highest BCUT2D eigenvalue weighted by atomic mass is 15.3. The zero-order valence-electron chi connectivity index (χ0n) is 15.6. The third kappa shape index (κ3) is 2.29. The molecule has 4 aliphatic carbocycles. The predicted octanol–water partition coefficient (Wildman–Crippen LogP) is 5.03. The van der Waals surface area contributed by atoms with Crippen molar-refractivity contribution >= 4 is 0 Å². The summed E-state index contributed by atoms with van der Waals surface area (Å²) in [6.45, 7) is 6.30. The Morgan fingerprint density at radius 1 is 0.833 bits per heavy atom. The monoisotopic (exact) mass is 327 g/mol. The topological polar surface area (TPSA) is 30.7 Å². The summed E-state index contributed by atoms with van der Waals surface area (Å²) in [7, 11) is 0. The lowest BCUT2D eigenvalue weighted by Gasteiger charge is -2.65. The molecule has 0 amide bonds. The Kier molecular flexibility index (Phi) is 3.26. The molecule has 0 N–H and O–H groups in total. The first-order chi connectivity index (χ1) is 11.5. The lowest BCUT2D eigenvalue weighted by Crippen LogP contribution is -2.57. The fourth-order valence-electron chi connectivity index (χ4n) is 7.93. The van der Waals surface area contributed by atoms with Crippen LogP contribution in [0.25, 0.3) is 0 Å². The highest BCUT2D eigenvalue weighted by Gasteiger charge is 2.62. The molecule has 132 valence electrons. The highest BCUT2D eigenvalue weighted by Crippen LogP contribution is 2.69. The number of hydrogen-bond acceptors (Lipinski definition) is 2. The van der Waals surface area contributed by atoms with Crippen LogP contribution in [0.4, 0.5) is 0 Å². The molecule has 3 nitrogen and oxygen atoms in total. The molecule has 0 spiro atoms. The maximum atomic E-state index is 4.88. The van der Waals surface area contributed by atoms with Crippen LogP contribution >= 0.6 is 0 Å². The van der Waals surface area contributed by atoms with Gasteiger partial charge in [-0.3, -0.25) is 0 Å². The maximum Gasteiger partial charge on any atom is 0.139 e. The largest absolute Gasteiger partial charge is 0.315 e. The van der Waals surface area contributed by atoms with E-state index in [0.29, 0.717) is 16.2 Å². The Morgan fingerprint density at radius 3 is 2.29 bits per heavy atom. The normalized spacial score (nSPS) is 44.7. The molecule has 4 saturated carbocycles. The van der Waals surface area contributed by atoms with Crippen molar-refractivity contribution in [1.82, 2.24) is 14.8 Å². The number of aromatic nitrogens is 3.